The number of hydrogen-bond donors (Lipinski definition) is 2. The lowest BCUT2D eigenvalue weighted by Gasteiger charge is -2.32. The second-order valence-corrected chi connectivity index (χ2v) is 8.61. The first-order valence-corrected chi connectivity index (χ1v) is 8.99. The van der Waals surface area contributed by atoms with Crippen molar-refractivity contribution in [2.24, 2.45) is 5.73 Å². The first kappa shape index (κ1) is 20.1. The Hall–Kier alpha value is -0.860. The Morgan fingerprint density at radius 2 is 1.90 bits per heavy atom. The van der Waals surface area contributed by atoms with Gasteiger partial charge in [0, 0.05) is 31.4 Å². The number of likely N-dealkylation sites (N-methyl/N-ethyl adjacent to an activating group) is 1. The number of carbonyl (C=O) groups excluding carboxylic acids is 1. The van der Waals surface area contributed by atoms with Gasteiger partial charge in [-0.3, -0.25) is 4.90 Å². The van der Waals surface area contributed by atoms with Gasteiger partial charge in [0.2, 0.25) is 0 Å². The highest BCUT2D eigenvalue weighted by Crippen LogP contribution is 2.08. The van der Waals surface area contributed by atoms with Gasteiger partial charge in [0.25, 0.3) is 0 Å². The van der Waals surface area contributed by atoms with Crippen molar-refractivity contribution in [1.29, 1.82) is 0 Å². The number of sulfone groups is 1. The Morgan fingerprint density at radius 3 is 2.29 bits per heavy atom. The number of rotatable bonds is 7. The molecule has 7 nitrogen and oxygen atoms in total. The third kappa shape index (κ3) is 9.65. The monoisotopic (exact) mass is 323 g/mol. The van der Waals surface area contributed by atoms with E-state index in [4.69, 9.17) is 10.5 Å². The maximum atomic E-state index is 11.7. The van der Waals surface area contributed by atoms with Crippen LogP contribution in [0.2, 0.25) is 0 Å². The third-order valence-corrected chi connectivity index (χ3v) is 3.87. The van der Waals surface area contributed by atoms with Crippen molar-refractivity contribution in [3.8, 4) is 0 Å². The zero-order valence-electron chi connectivity index (χ0n) is 13.8. The zero-order valence-corrected chi connectivity index (χ0v) is 14.7. The van der Waals surface area contributed by atoms with Gasteiger partial charge in [0.05, 0.1) is 5.75 Å². The second kappa shape index (κ2) is 7.95. The maximum Gasteiger partial charge on any atom is 0.407 e. The summed E-state index contributed by atoms with van der Waals surface area (Å²) >= 11 is 0. The van der Waals surface area contributed by atoms with E-state index in [2.05, 4.69) is 5.32 Å². The first-order valence-electron chi connectivity index (χ1n) is 6.93. The van der Waals surface area contributed by atoms with Crippen LogP contribution in [0.25, 0.3) is 0 Å². The predicted molar refractivity (Wildman–Crippen MR) is 84.0 cm³/mol. The van der Waals surface area contributed by atoms with Crippen LogP contribution in [0.5, 0.6) is 0 Å². The van der Waals surface area contributed by atoms with E-state index in [-0.39, 0.29) is 17.8 Å². The molecule has 0 aliphatic heterocycles. The van der Waals surface area contributed by atoms with Crippen LogP contribution in [0.3, 0.4) is 0 Å². The summed E-state index contributed by atoms with van der Waals surface area (Å²) in [5.74, 6) is 0.0547. The normalized spacial score (nSPS) is 15.6. The van der Waals surface area contributed by atoms with Crippen molar-refractivity contribution >= 4 is 15.9 Å². The quantitative estimate of drug-likeness (QED) is 0.694. The lowest BCUT2D eigenvalue weighted by atomic mass is 10.1. The number of hydrogen-bond acceptors (Lipinski definition) is 6. The van der Waals surface area contributed by atoms with Crippen molar-refractivity contribution in [2.75, 3.05) is 32.1 Å². The van der Waals surface area contributed by atoms with Crippen LogP contribution in [0.15, 0.2) is 0 Å². The molecule has 1 amide bonds. The molecule has 0 rings (SSSR count). The summed E-state index contributed by atoms with van der Waals surface area (Å²) in [6.07, 6.45) is 0.686. The molecule has 0 aromatic rings. The summed E-state index contributed by atoms with van der Waals surface area (Å²) in [4.78, 5) is 13.6. The van der Waals surface area contributed by atoms with Gasteiger partial charge >= 0.3 is 6.09 Å². The number of nitrogens with zero attached hydrogens (tertiary/aromatic N) is 1. The molecule has 0 aromatic carbocycles. The largest absolute Gasteiger partial charge is 0.444 e. The highest BCUT2D eigenvalue weighted by molar-refractivity contribution is 7.90. The minimum absolute atomic E-state index is 0.0547. The molecular formula is C13H29N3O4S. The van der Waals surface area contributed by atoms with Gasteiger partial charge in [0.1, 0.15) is 15.4 Å². The van der Waals surface area contributed by atoms with E-state index in [9.17, 15) is 13.2 Å². The van der Waals surface area contributed by atoms with Crippen molar-refractivity contribution in [3.63, 3.8) is 0 Å². The summed E-state index contributed by atoms with van der Waals surface area (Å²) in [7, 11) is -1.24. The van der Waals surface area contributed by atoms with Gasteiger partial charge in [-0.2, -0.15) is 0 Å². The van der Waals surface area contributed by atoms with Crippen molar-refractivity contribution < 1.29 is 17.9 Å². The molecular weight excluding hydrogens is 294 g/mol. The lowest BCUT2D eigenvalue weighted by molar-refractivity contribution is 0.0479. The molecule has 0 spiro atoms. The van der Waals surface area contributed by atoms with Crippen molar-refractivity contribution in [1.82, 2.24) is 10.2 Å². The minimum Gasteiger partial charge on any atom is -0.444 e. The number of amides is 1. The fourth-order valence-electron chi connectivity index (χ4n) is 1.83. The number of alkyl carbamates (subject to hydrolysis) is 1. The Balaban J connectivity index is 4.54. The van der Waals surface area contributed by atoms with Crippen molar-refractivity contribution in [3.05, 3.63) is 0 Å². The first-order chi connectivity index (χ1) is 9.35. The van der Waals surface area contributed by atoms with E-state index in [1.807, 2.05) is 11.8 Å². The molecule has 2 atom stereocenters. The SMILES string of the molecule is CC(NC(=O)OC(C)(C)C)C(CN)N(C)CCS(C)(=O)=O. The third-order valence-electron chi connectivity index (χ3n) is 2.94. The van der Waals surface area contributed by atoms with Crippen LogP contribution in [-0.4, -0.2) is 69.2 Å². The molecule has 8 heteroatoms. The average molecular weight is 323 g/mol. The van der Waals surface area contributed by atoms with E-state index in [0.717, 1.165) is 0 Å². The van der Waals surface area contributed by atoms with E-state index < -0.39 is 21.5 Å². The van der Waals surface area contributed by atoms with E-state index in [1.165, 1.54) is 6.26 Å². The molecule has 0 aliphatic carbocycles. The number of nitrogens with one attached hydrogen (secondary N) is 1. The highest BCUT2D eigenvalue weighted by Gasteiger charge is 2.25. The Bertz CT molecular complexity index is 431. The molecule has 0 bridgehead atoms. The fourth-order valence-corrected chi connectivity index (χ4v) is 2.45. The van der Waals surface area contributed by atoms with Gasteiger partial charge in [0.15, 0.2) is 0 Å². The van der Waals surface area contributed by atoms with Gasteiger partial charge in [-0.25, -0.2) is 13.2 Å². The molecule has 126 valence electrons. The van der Waals surface area contributed by atoms with E-state index in [1.54, 1.807) is 27.8 Å². The summed E-state index contributed by atoms with van der Waals surface area (Å²) in [5, 5.41) is 2.73. The summed E-state index contributed by atoms with van der Waals surface area (Å²) in [6, 6.07) is -0.423. The molecule has 0 saturated heterocycles. The fraction of sp³-hybridized carbons (Fsp3) is 0.923. The molecule has 0 saturated carbocycles. The maximum absolute atomic E-state index is 11.7. The van der Waals surface area contributed by atoms with Gasteiger partial charge in [-0.15, -0.1) is 0 Å². The van der Waals surface area contributed by atoms with Crippen molar-refractivity contribution in [2.45, 2.75) is 45.4 Å². The van der Waals surface area contributed by atoms with Crippen LogP contribution < -0.4 is 11.1 Å². The van der Waals surface area contributed by atoms with Gasteiger partial charge in [-0.05, 0) is 34.7 Å². The standard InChI is InChI=1S/C13H29N3O4S/c1-10(15-12(17)20-13(2,3)4)11(9-14)16(5)7-8-21(6,18)19/h10-11H,7-9,14H2,1-6H3,(H,15,17). The highest BCUT2D eigenvalue weighted by atomic mass is 32.2. The average Bonchev–Trinajstić information content (AvgIpc) is 2.23. The molecule has 0 aromatic heterocycles. The number of nitrogens with two attached hydrogens (primary N) is 1. The van der Waals surface area contributed by atoms with Gasteiger partial charge < -0.3 is 15.8 Å². The van der Waals surface area contributed by atoms with Crippen LogP contribution in [-0.2, 0) is 14.6 Å². The molecule has 0 aliphatic rings. The topological polar surface area (TPSA) is 102 Å². The molecule has 3 N–H and O–H groups in total. The van der Waals surface area contributed by atoms with Crippen LogP contribution in [0, 0.1) is 0 Å². The predicted octanol–water partition coefficient (Wildman–Crippen LogP) is 0.203. The summed E-state index contributed by atoms with van der Waals surface area (Å²) in [5.41, 5.74) is 5.17. The lowest BCUT2D eigenvalue weighted by Crippen LogP contribution is -2.54. The molecule has 0 fully saturated rings. The minimum atomic E-state index is -3.03. The number of carbonyl (C=O) groups is 1. The summed E-state index contributed by atoms with van der Waals surface area (Å²) in [6.45, 7) is 7.85. The van der Waals surface area contributed by atoms with Crippen LogP contribution >= 0.6 is 0 Å². The smallest absolute Gasteiger partial charge is 0.407 e. The van der Waals surface area contributed by atoms with E-state index >= 15 is 0 Å². The second-order valence-electron chi connectivity index (χ2n) is 6.35. The zero-order chi connectivity index (χ0) is 16.8. The molecule has 21 heavy (non-hydrogen) atoms. The Morgan fingerprint density at radius 1 is 1.38 bits per heavy atom. The van der Waals surface area contributed by atoms with Gasteiger partial charge in [-0.1, -0.05) is 0 Å². The molecule has 0 heterocycles. The number of ether oxygens (including phenoxy) is 1. The summed E-state index contributed by atoms with van der Waals surface area (Å²) < 4.78 is 27.6. The Kier molecular flexibility index (Phi) is 7.63. The Labute approximate surface area is 128 Å². The van der Waals surface area contributed by atoms with Crippen LogP contribution in [0.4, 0.5) is 4.79 Å². The van der Waals surface area contributed by atoms with E-state index in [0.29, 0.717) is 13.1 Å². The molecule has 0 radical (unpaired) electrons. The molecule has 2 unspecified atom stereocenters. The van der Waals surface area contributed by atoms with Crippen LogP contribution in [0.1, 0.15) is 27.7 Å².